The summed E-state index contributed by atoms with van der Waals surface area (Å²) in [4.78, 5) is 29.1. The molecule has 190 valence electrons. The normalized spacial score (nSPS) is 11.3. The average Bonchev–Trinajstić information content (AvgIpc) is 2.89. The molecule has 3 rings (SSSR count). The number of halogens is 1. The van der Waals surface area contributed by atoms with Crippen molar-refractivity contribution in [1.29, 1.82) is 0 Å². The predicted octanol–water partition coefficient (Wildman–Crippen LogP) is 3.84. The molecule has 0 aliphatic heterocycles. The van der Waals surface area contributed by atoms with Crippen molar-refractivity contribution in [2.45, 2.75) is 18.9 Å². The number of anilines is 1. The number of carboxylic acids is 1. The van der Waals surface area contributed by atoms with Gasteiger partial charge in [0.2, 0.25) is 0 Å². The van der Waals surface area contributed by atoms with Crippen molar-refractivity contribution in [3.63, 3.8) is 0 Å². The van der Waals surface area contributed by atoms with Crippen LogP contribution in [-0.2, 0) is 17.6 Å². The van der Waals surface area contributed by atoms with Gasteiger partial charge >= 0.3 is 5.97 Å². The molecule has 10 heteroatoms. The molecule has 0 aliphatic rings. The number of nitrogens with one attached hydrogen (secondary N) is 2. The molecular formula is C26H28ClN3O6. The molecule has 9 nitrogen and oxygen atoms in total. The molecule has 1 heterocycles. The first-order valence-corrected chi connectivity index (χ1v) is 11.5. The van der Waals surface area contributed by atoms with E-state index in [9.17, 15) is 14.7 Å². The molecule has 3 N–H and O–H groups in total. The van der Waals surface area contributed by atoms with Gasteiger partial charge in [-0.1, -0.05) is 29.8 Å². The Hall–Kier alpha value is -3.98. The molecule has 0 aliphatic carbocycles. The number of pyridine rings is 1. The molecular weight excluding hydrogens is 486 g/mol. The number of ether oxygens (including phenoxy) is 3. The Morgan fingerprint density at radius 2 is 1.75 bits per heavy atom. The number of methoxy groups -OCH3 is 2. The highest BCUT2D eigenvalue weighted by Gasteiger charge is 2.24. The zero-order valence-corrected chi connectivity index (χ0v) is 21.0. The van der Waals surface area contributed by atoms with Crippen molar-refractivity contribution in [1.82, 2.24) is 10.3 Å². The van der Waals surface area contributed by atoms with Crippen molar-refractivity contribution >= 4 is 29.3 Å². The number of nitrogens with zero attached hydrogens (tertiary/aromatic N) is 1. The van der Waals surface area contributed by atoms with Crippen LogP contribution < -0.4 is 24.8 Å². The summed E-state index contributed by atoms with van der Waals surface area (Å²) in [5.41, 5.74) is 1.71. The summed E-state index contributed by atoms with van der Waals surface area (Å²) < 4.78 is 16.2. The highest BCUT2D eigenvalue weighted by atomic mass is 35.5. The van der Waals surface area contributed by atoms with E-state index in [2.05, 4.69) is 15.6 Å². The van der Waals surface area contributed by atoms with Gasteiger partial charge in [-0.15, -0.1) is 0 Å². The van der Waals surface area contributed by atoms with Gasteiger partial charge in [-0.05, 0) is 35.9 Å². The van der Waals surface area contributed by atoms with E-state index in [1.54, 1.807) is 24.3 Å². The number of amides is 1. The van der Waals surface area contributed by atoms with E-state index in [1.165, 1.54) is 26.4 Å². The van der Waals surface area contributed by atoms with Gasteiger partial charge in [-0.2, -0.15) is 0 Å². The van der Waals surface area contributed by atoms with Crippen LogP contribution in [0.15, 0.2) is 54.6 Å². The molecule has 0 saturated heterocycles. The highest BCUT2D eigenvalue weighted by Crippen LogP contribution is 2.33. The largest absolute Gasteiger partial charge is 0.493 e. The summed E-state index contributed by atoms with van der Waals surface area (Å²) in [5.74, 6) is 0.307. The number of carbonyl (C=O) groups is 2. The molecule has 0 fully saturated rings. The molecule has 1 atom stereocenters. The van der Waals surface area contributed by atoms with E-state index < -0.39 is 17.9 Å². The maximum Gasteiger partial charge on any atom is 0.326 e. The molecule has 2 aromatic carbocycles. The van der Waals surface area contributed by atoms with Crippen LogP contribution >= 0.6 is 11.6 Å². The van der Waals surface area contributed by atoms with Crippen molar-refractivity contribution in [2.75, 3.05) is 33.2 Å². The number of rotatable bonds is 12. The predicted molar refractivity (Wildman–Crippen MR) is 137 cm³/mol. The standard InChI is InChI=1S/C26H28ClN3O6/c1-28-24-6-4-5-17(29-24)11-12-36-18-9-7-16(8-10-18)13-21(26(32)33)30-25(31)19-14-22(34-2)23(35-3)15-20(19)27/h4-10,14-15,21H,11-13H2,1-3H3,(H,28,29)(H,30,31)(H,32,33)/t21-/m0/s1. The molecule has 0 radical (unpaired) electrons. The number of aromatic nitrogens is 1. The van der Waals surface area contributed by atoms with Crippen molar-refractivity contribution in [2.24, 2.45) is 0 Å². The average molecular weight is 514 g/mol. The third-order valence-corrected chi connectivity index (χ3v) is 5.69. The second kappa shape index (κ2) is 12.6. The van der Waals surface area contributed by atoms with Gasteiger partial charge in [0.15, 0.2) is 11.5 Å². The molecule has 1 aromatic heterocycles. The summed E-state index contributed by atoms with van der Waals surface area (Å²) >= 11 is 6.20. The highest BCUT2D eigenvalue weighted by molar-refractivity contribution is 6.34. The van der Waals surface area contributed by atoms with Gasteiger partial charge in [0, 0.05) is 31.6 Å². The minimum Gasteiger partial charge on any atom is -0.493 e. The summed E-state index contributed by atoms with van der Waals surface area (Å²) in [6.45, 7) is 0.444. The Morgan fingerprint density at radius 1 is 1.06 bits per heavy atom. The maximum absolute atomic E-state index is 12.8. The van der Waals surface area contributed by atoms with Crippen molar-refractivity contribution < 1.29 is 28.9 Å². The lowest BCUT2D eigenvalue weighted by Crippen LogP contribution is -2.42. The van der Waals surface area contributed by atoms with E-state index in [0.717, 1.165) is 17.1 Å². The maximum atomic E-state index is 12.8. The number of hydrogen-bond acceptors (Lipinski definition) is 7. The van der Waals surface area contributed by atoms with Crippen LogP contribution in [0.2, 0.25) is 5.02 Å². The molecule has 3 aromatic rings. The smallest absolute Gasteiger partial charge is 0.326 e. The van der Waals surface area contributed by atoms with E-state index in [1.807, 2.05) is 25.2 Å². The second-order valence-corrected chi connectivity index (χ2v) is 8.17. The minimum absolute atomic E-state index is 0.0764. The quantitative estimate of drug-likeness (QED) is 0.334. The topological polar surface area (TPSA) is 119 Å². The fourth-order valence-corrected chi connectivity index (χ4v) is 3.69. The lowest BCUT2D eigenvalue weighted by Gasteiger charge is -2.17. The number of aliphatic carboxylic acids is 1. The first kappa shape index (κ1) is 26.6. The summed E-state index contributed by atoms with van der Waals surface area (Å²) in [5, 5.41) is 15.3. The number of benzene rings is 2. The Labute approximate surface area is 214 Å². The molecule has 0 spiro atoms. The fraction of sp³-hybridized carbons (Fsp3) is 0.269. The summed E-state index contributed by atoms with van der Waals surface area (Å²) in [6.07, 6.45) is 0.718. The van der Waals surface area contributed by atoms with Crippen LogP contribution in [0.5, 0.6) is 17.2 Å². The molecule has 0 bridgehead atoms. The Balaban J connectivity index is 1.60. The van der Waals surface area contributed by atoms with Gasteiger partial charge < -0.3 is 30.0 Å². The molecule has 1 amide bonds. The molecule has 0 saturated carbocycles. The SMILES string of the molecule is CNc1cccc(CCOc2ccc(C[C@H](NC(=O)c3cc(OC)c(OC)cc3Cl)C(=O)O)cc2)n1. The Morgan fingerprint density at radius 3 is 2.39 bits per heavy atom. The monoisotopic (exact) mass is 513 g/mol. The van der Waals surface area contributed by atoms with Crippen LogP contribution in [0, 0.1) is 0 Å². The van der Waals surface area contributed by atoms with Crippen LogP contribution in [-0.4, -0.2) is 55.9 Å². The first-order valence-electron chi connectivity index (χ1n) is 11.1. The van der Waals surface area contributed by atoms with Crippen molar-refractivity contribution in [3.8, 4) is 17.2 Å². The van der Waals surface area contributed by atoms with Gasteiger partial charge in [-0.3, -0.25) is 4.79 Å². The van der Waals surface area contributed by atoms with E-state index >= 15 is 0 Å². The third-order valence-electron chi connectivity index (χ3n) is 5.37. The van der Waals surface area contributed by atoms with Crippen LogP contribution in [0.3, 0.4) is 0 Å². The first-order chi connectivity index (χ1) is 17.3. The number of hydrogen-bond donors (Lipinski definition) is 3. The zero-order valence-electron chi connectivity index (χ0n) is 20.2. The minimum atomic E-state index is -1.17. The lowest BCUT2D eigenvalue weighted by atomic mass is 10.0. The molecule has 0 unspecified atom stereocenters. The van der Waals surface area contributed by atoms with E-state index in [0.29, 0.717) is 30.3 Å². The fourth-order valence-electron chi connectivity index (χ4n) is 3.45. The van der Waals surface area contributed by atoms with Crippen LogP contribution in [0.4, 0.5) is 5.82 Å². The van der Waals surface area contributed by atoms with Crippen LogP contribution in [0.1, 0.15) is 21.6 Å². The number of carbonyl (C=O) groups excluding carboxylic acids is 1. The number of carboxylic acid groups (broad SMARTS) is 1. The molecule has 36 heavy (non-hydrogen) atoms. The Bertz CT molecular complexity index is 1200. The van der Waals surface area contributed by atoms with Gasteiger partial charge in [-0.25, -0.2) is 9.78 Å². The Kier molecular flexibility index (Phi) is 9.35. The van der Waals surface area contributed by atoms with Gasteiger partial charge in [0.25, 0.3) is 5.91 Å². The van der Waals surface area contributed by atoms with Crippen molar-refractivity contribution in [3.05, 3.63) is 76.4 Å². The summed E-state index contributed by atoms with van der Waals surface area (Å²) in [7, 11) is 4.69. The van der Waals surface area contributed by atoms with Crippen LogP contribution in [0.25, 0.3) is 0 Å². The van der Waals surface area contributed by atoms with Gasteiger partial charge in [0.1, 0.15) is 17.6 Å². The van der Waals surface area contributed by atoms with E-state index in [4.69, 9.17) is 25.8 Å². The second-order valence-electron chi connectivity index (χ2n) is 7.76. The summed E-state index contributed by atoms with van der Waals surface area (Å²) in [6, 6.07) is 14.5. The lowest BCUT2D eigenvalue weighted by molar-refractivity contribution is -0.139. The van der Waals surface area contributed by atoms with E-state index in [-0.39, 0.29) is 17.0 Å². The van der Waals surface area contributed by atoms with Gasteiger partial charge in [0.05, 0.1) is 31.4 Å². The third kappa shape index (κ3) is 7.02. The zero-order chi connectivity index (χ0) is 26.1.